The molecule has 0 aliphatic rings. The van der Waals surface area contributed by atoms with Gasteiger partial charge in [0.25, 0.3) is 5.91 Å². The lowest BCUT2D eigenvalue weighted by atomic mass is 10.2. The van der Waals surface area contributed by atoms with Crippen LogP contribution in [0.3, 0.4) is 0 Å². The van der Waals surface area contributed by atoms with Gasteiger partial charge in [0, 0.05) is 6.07 Å². The summed E-state index contributed by atoms with van der Waals surface area (Å²) in [6.07, 6.45) is 0. The van der Waals surface area contributed by atoms with E-state index in [2.05, 4.69) is 10.3 Å². The summed E-state index contributed by atoms with van der Waals surface area (Å²) in [4.78, 5) is 26.6. The topological polar surface area (TPSA) is 94.4 Å². The largest absolute Gasteiger partial charge is 0.477 e. The summed E-state index contributed by atoms with van der Waals surface area (Å²) in [7, 11) is 0. The van der Waals surface area contributed by atoms with Crippen molar-refractivity contribution in [2.75, 3.05) is 11.9 Å². The number of aromatic nitrogens is 1. The third kappa shape index (κ3) is 3.89. The number of ether oxygens (including phenoxy) is 1. The number of hydrogen-bond donors (Lipinski definition) is 1. The first kappa shape index (κ1) is 16.8. The number of benzene rings is 2. The minimum absolute atomic E-state index is 0.0112. The summed E-state index contributed by atoms with van der Waals surface area (Å²) in [5, 5.41) is 13.9. The molecule has 1 amide bonds. The minimum Gasteiger partial charge on any atom is -0.477 e. The summed E-state index contributed by atoms with van der Waals surface area (Å²) < 4.78 is 19.0. The molecule has 0 saturated heterocycles. The smallest absolute Gasteiger partial charge is 0.311 e. The lowest BCUT2D eigenvalue weighted by molar-refractivity contribution is -0.385. The van der Waals surface area contributed by atoms with Crippen molar-refractivity contribution < 1.29 is 18.8 Å². The Morgan fingerprint density at radius 1 is 1.36 bits per heavy atom. The molecular formula is C16H12FN3O4S. The van der Waals surface area contributed by atoms with Gasteiger partial charge in [-0.1, -0.05) is 17.4 Å². The first-order chi connectivity index (χ1) is 11.9. The number of carbonyl (C=O) groups excluding carboxylic acids is 1. The van der Waals surface area contributed by atoms with Gasteiger partial charge in [-0.05, 0) is 36.8 Å². The van der Waals surface area contributed by atoms with Crippen LogP contribution in [-0.4, -0.2) is 22.4 Å². The Bertz CT molecular complexity index is 973. The average Bonchev–Trinajstić information content (AvgIpc) is 2.94. The summed E-state index contributed by atoms with van der Waals surface area (Å²) in [5.41, 5.74) is 1.07. The van der Waals surface area contributed by atoms with Gasteiger partial charge in [-0.15, -0.1) is 0 Å². The molecular weight excluding hydrogens is 349 g/mol. The maximum atomic E-state index is 13.2. The van der Waals surface area contributed by atoms with E-state index in [1.54, 1.807) is 13.0 Å². The fourth-order valence-corrected chi connectivity index (χ4v) is 3.05. The Hall–Kier alpha value is -3.07. The second-order valence-corrected chi connectivity index (χ2v) is 6.23. The van der Waals surface area contributed by atoms with Crippen molar-refractivity contribution in [2.24, 2.45) is 0 Å². The SMILES string of the molecule is Cc1ccc(OCC(=O)Nc2nc3ccc(F)cc3s2)c([N+](=O)[O-])c1. The van der Waals surface area contributed by atoms with E-state index in [1.165, 1.54) is 30.3 Å². The number of anilines is 1. The number of halogens is 1. The zero-order valence-electron chi connectivity index (χ0n) is 13.0. The molecule has 0 fully saturated rings. The highest BCUT2D eigenvalue weighted by Gasteiger charge is 2.17. The Balaban J connectivity index is 1.67. The summed E-state index contributed by atoms with van der Waals surface area (Å²) in [6, 6.07) is 8.60. The number of nitro groups is 1. The quantitative estimate of drug-likeness (QED) is 0.553. The molecule has 128 valence electrons. The standard InChI is InChI=1S/C16H12FN3O4S/c1-9-2-5-13(12(6-9)20(22)23)24-8-15(21)19-16-18-11-4-3-10(17)7-14(11)25-16/h2-7H,8H2,1H3,(H,18,19,21). The van der Waals surface area contributed by atoms with E-state index in [9.17, 15) is 19.3 Å². The Morgan fingerprint density at radius 3 is 2.92 bits per heavy atom. The van der Waals surface area contributed by atoms with Gasteiger partial charge in [-0.25, -0.2) is 9.37 Å². The summed E-state index contributed by atoms with van der Waals surface area (Å²) in [6.45, 7) is 1.31. The van der Waals surface area contributed by atoms with E-state index < -0.39 is 17.4 Å². The average molecular weight is 361 g/mol. The molecule has 0 atom stereocenters. The van der Waals surface area contributed by atoms with Crippen molar-refractivity contribution in [3.63, 3.8) is 0 Å². The third-order valence-corrected chi connectivity index (χ3v) is 4.20. The highest BCUT2D eigenvalue weighted by Crippen LogP contribution is 2.28. The molecule has 3 rings (SSSR count). The van der Waals surface area contributed by atoms with Crippen molar-refractivity contribution in [3.8, 4) is 5.75 Å². The zero-order valence-corrected chi connectivity index (χ0v) is 13.8. The molecule has 1 heterocycles. The van der Waals surface area contributed by atoms with E-state index in [0.29, 0.717) is 20.9 Å². The van der Waals surface area contributed by atoms with Crippen LogP contribution in [0.15, 0.2) is 36.4 Å². The molecule has 3 aromatic rings. The van der Waals surface area contributed by atoms with Crippen LogP contribution in [0.5, 0.6) is 5.75 Å². The van der Waals surface area contributed by atoms with Crippen LogP contribution in [0.1, 0.15) is 5.56 Å². The number of fused-ring (bicyclic) bond motifs is 1. The van der Waals surface area contributed by atoms with Crippen LogP contribution in [0, 0.1) is 22.9 Å². The molecule has 7 nitrogen and oxygen atoms in total. The molecule has 9 heteroatoms. The molecule has 0 unspecified atom stereocenters. The van der Waals surface area contributed by atoms with Gasteiger partial charge in [0.15, 0.2) is 17.5 Å². The second kappa shape index (κ2) is 6.81. The van der Waals surface area contributed by atoms with Crippen molar-refractivity contribution >= 4 is 38.3 Å². The number of hydrogen-bond acceptors (Lipinski definition) is 6. The van der Waals surface area contributed by atoms with Crippen molar-refractivity contribution in [1.82, 2.24) is 4.98 Å². The number of carbonyl (C=O) groups is 1. The van der Waals surface area contributed by atoms with Gasteiger partial charge in [0.2, 0.25) is 0 Å². The number of thiazole rings is 1. The Kier molecular flexibility index (Phi) is 4.57. The molecule has 0 aliphatic carbocycles. The highest BCUT2D eigenvalue weighted by atomic mass is 32.1. The number of nitrogens with zero attached hydrogens (tertiary/aromatic N) is 2. The number of rotatable bonds is 5. The second-order valence-electron chi connectivity index (χ2n) is 5.20. The van der Waals surface area contributed by atoms with Gasteiger partial charge in [0.1, 0.15) is 5.82 Å². The van der Waals surface area contributed by atoms with Crippen LogP contribution in [0.25, 0.3) is 10.2 Å². The van der Waals surface area contributed by atoms with Crippen LogP contribution in [0.4, 0.5) is 15.2 Å². The van der Waals surface area contributed by atoms with E-state index in [-0.39, 0.29) is 17.3 Å². The molecule has 25 heavy (non-hydrogen) atoms. The normalized spacial score (nSPS) is 10.6. The van der Waals surface area contributed by atoms with E-state index >= 15 is 0 Å². The van der Waals surface area contributed by atoms with Crippen molar-refractivity contribution in [1.29, 1.82) is 0 Å². The summed E-state index contributed by atoms with van der Waals surface area (Å²) in [5.74, 6) is -0.893. The van der Waals surface area contributed by atoms with Gasteiger partial charge in [0.05, 0.1) is 15.1 Å². The van der Waals surface area contributed by atoms with Crippen LogP contribution in [-0.2, 0) is 4.79 Å². The van der Waals surface area contributed by atoms with E-state index in [0.717, 1.165) is 11.3 Å². The highest BCUT2D eigenvalue weighted by molar-refractivity contribution is 7.22. The molecule has 0 bridgehead atoms. The van der Waals surface area contributed by atoms with Crippen molar-refractivity contribution in [2.45, 2.75) is 6.92 Å². The van der Waals surface area contributed by atoms with E-state index in [1.807, 2.05) is 0 Å². The maximum absolute atomic E-state index is 13.2. The molecule has 1 aromatic heterocycles. The number of aryl methyl sites for hydroxylation is 1. The van der Waals surface area contributed by atoms with Crippen LogP contribution >= 0.6 is 11.3 Å². The lowest BCUT2D eigenvalue weighted by Crippen LogP contribution is -2.20. The fraction of sp³-hybridized carbons (Fsp3) is 0.125. The van der Waals surface area contributed by atoms with Crippen molar-refractivity contribution in [3.05, 3.63) is 57.9 Å². The zero-order chi connectivity index (χ0) is 18.0. The Morgan fingerprint density at radius 2 is 2.16 bits per heavy atom. The van der Waals surface area contributed by atoms with Crippen LogP contribution in [0.2, 0.25) is 0 Å². The molecule has 1 N–H and O–H groups in total. The number of amides is 1. The molecule has 0 spiro atoms. The Labute approximate surface area is 145 Å². The van der Waals surface area contributed by atoms with Crippen LogP contribution < -0.4 is 10.1 Å². The minimum atomic E-state index is -0.567. The first-order valence-electron chi connectivity index (χ1n) is 7.16. The van der Waals surface area contributed by atoms with Gasteiger partial charge < -0.3 is 4.74 Å². The predicted molar refractivity (Wildman–Crippen MR) is 91.5 cm³/mol. The third-order valence-electron chi connectivity index (χ3n) is 3.27. The molecule has 0 aliphatic heterocycles. The monoisotopic (exact) mass is 361 g/mol. The first-order valence-corrected chi connectivity index (χ1v) is 7.98. The number of nitro benzene ring substituents is 1. The van der Waals surface area contributed by atoms with E-state index in [4.69, 9.17) is 4.74 Å². The molecule has 0 radical (unpaired) electrons. The summed E-state index contributed by atoms with van der Waals surface area (Å²) >= 11 is 1.12. The fourth-order valence-electron chi connectivity index (χ4n) is 2.14. The number of nitrogens with one attached hydrogen (secondary N) is 1. The maximum Gasteiger partial charge on any atom is 0.311 e. The lowest BCUT2D eigenvalue weighted by Gasteiger charge is -2.06. The van der Waals surface area contributed by atoms with Gasteiger partial charge in [-0.3, -0.25) is 20.2 Å². The van der Waals surface area contributed by atoms with Gasteiger partial charge in [-0.2, -0.15) is 0 Å². The predicted octanol–water partition coefficient (Wildman–Crippen LogP) is 3.67. The molecule has 0 saturated carbocycles. The molecule has 2 aromatic carbocycles. The van der Waals surface area contributed by atoms with Gasteiger partial charge >= 0.3 is 5.69 Å².